The van der Waals surface area contributed by atoms with Gasteiger partial charge in [-0.15, -0.1) is 0 Å². The number of hydrogen-bond acceptors (Lipinski definition) is 5. The van der Waals surface area contributed by atoms with Crippen LogP contribution in [0.15, 0.2) is 48.9 Å². The van der Waals surface area contributed by atoms with Gasteiger partial charge in [-0.25, -0.2) is 4.98 Å². The monoisotopic (exact) mass is 257 g/mol. The average molecular weight is 257 g/mol. The Morgan fingerprint density at radius 1 is 1.16 bits per heavy atom. The van der Waals surface area contributed by atoms with Crippen molar-refractivity contribution in [2.75, 3.05) is 0 Å². The number of hydrogen-bond donors (Lipinski definition) is 2. The fourth-order valence-corrected chi connectivity index (χ4v) is 1.44. The standard InChI is InChI=1S/C13H11N3O3/c17-11(9-4-2-1-3-5-9)13(19)16-12(18)10-8-14-6-7-15-10/h1-8,13,19H,(H,16,18). The number of aliphatic hydroxyl groups is 1. The SMILES string of the molecule is O=C(NC(O)C(=O)c1ccccc1)c1cnccn1. The molecule has 0 bridgehead atoms. The molecule has 2 aromatic rings. The molecule has 0 aliphatic carbocycles. The van der Waals surface area contributed by atoms with Crippen LogP contribution in [0.4, 0.5) is 0 Å². The van der Waals surface area contributed by atoms with Gasteiger partial charge in [0.2, 0.25) is 5.78 Å². The highest BCUT2D eigenvalue weighted by Crippen LogP contribution is 2.02. The third-order valence-corrected chi connectivity index (χ3v) is 2.37. The van der Waals surface area contributed by atoms with Gasteiger partial charge in [0.25, 0.3) is 5.91 Å². The Balaban J connectivity index is 2.04. The zero-order valence-corrected chi connectivity index (χ0v) is 9.85. The number of carbonyl (C=O) groups excluding carboxylic acids is 2. The van der Waals surface area contributed by atoms with Gasteiger partial charge in [0.15, 0.2) is 6.23 Å². The van der Waals surface area contributed by atoms with Gasteiger partial charge in [0.05, 0.1) is 6.20 Å². The van der Waals surface area contributed by atoms with E-state index in [4.69, 9.17) is 0 Å². The molecule has 0 spiro atoms. The van der Waals surface area contributed by atoms with Crippen molar-refractivity contribution >= 4 is 11.7 Å². The molecule has 1 atom stereocenters. The average Bonchev–Trinajstić information content (AvgIpc) is 2.48. The highest BCUT2D eigenvalue weighted by molar-refractivity contribution is 6.02. The van der Waals surface area contributed by atoms with Crippen molar-refractivity contribution in [2.45, 2.75) is 6.23 Å². The van der Waals surface area contributed by atoms with E-state index >= 15 is 0 Å². The van der Waals surface area contributed by atoms with Gasteiger partial charge >= 0.3 is 0 Å². The van der Waals surface area contributed by atoms with Crippen LogP contribution in [0.5, 0.6) is 0 Å². The van der Waals surface area contributed by atoms with Crippen molar-refractivity contribution in [2.24, 2.45) is 0 Å². The second-order valence-corrected chi connectivity index (χ2v) is 3.70. The number of rotatable bonds is 4. The largest absolute Gasteiger partial charge is 0.367 e. The predicted octanol–water partition coefficient (Wildman–Crippen LogP) is 0.408. The van der Waals surface area contributed by atoms with Crippen LogP contribution in [0.25, 0.3) is 0 Å². The van der Waals surface area contributed by atoms with Gasteiger partial charge in [0, 0.05) is 18.0 Å². The summed E-state index contributed by atoms with van der Waals surface area (Å²) in [6.45, 7) is 0. The lowest BCUT2D eigenvalue weighted by atomic mass is 10.1. The molecule has 19 heavy (non-hydrogen) atoms. The van der Waals surface area contributed by atoms with E-state index in [1.165, 1.54) is 18.6 Å². The van der Waals surface area contributed by atoms with E-state index < -0.39 is 17.9 Å². The maximum Gasteiger partial charge on any atom is 0.273 e. The molecule has 1 aromatic carbocycles. The fraction of sp³-hybridized carbons (Fsp3) is 0.0769. The molecular formula is C13H11N3O3. The minimum absolute atomic E-state index is 0.0300. The first-order valence-corrected chi connectivity index (χ1v) is 5.52. The molecule has 0 radical (unpaired) electrons. The molecule has 1 unspecified atom stereocenters. The van der Waals surface area contributed by atoms with E-state index in [0.717, 1.165) is 0 Å². The molecular weight excluding hydrogens is 246 g/mol. The van der Waals surface area contributed by atoms with Crippen molar-refractivity contribution < 1.29 is 14.7 Å². The zero-order valence-electron chi connectivity index (χ0n) is 9.85. The minimum Gasteiger partial charge on any atom is -0.367 e. The molecule has 2 N–H and O–H groups in total. The molecule has 0 fully saturated rings. The Morgan fingerprint density at radius 2 is 1.89 bits per heavy atom. The summed E-state index contributed by atoms with van der Waals surface area (Å²) < 4.78 is 0. The van der Waals surface area contributed by atoms with Crippen molar-refractivity contribution in [3.8, 4) is 0 Å². The lowest BCUT2D eigenvalue weighted by Gasteiger charge is -2.11. The summed E-state index contributed by atoms with van der Waals surface area (Å²) in [6, 6.07) is 8.20. The van der Waals surface area contributed by atoms with Crippen LogP contribution in [0.3, 0.4) is 0 Å². The number of carbonyl (C=O) groups is 2. The zero-order chi connectivity index (χ0) is 13.7. The van der Waals surface area contributed by atoms with E-state index in [2.05, 4.69) is 15.3 Å². The number of Topliss-reactive ketones (excluding diaryl/α,β-unsaturated/α-hetero) is 1. The predicted molar refractivity (Wildman–Crippen MR) is 66.3 cm³/mol. The molecule has 1 heterocycles. The molecule has 96 valence electrons. The Labute approximate surface area is 109 Å². The Bertz CT molecular complexity index is 572. The molecule has 0 aliphatic heterocycles. The number of amides is 1. The number of benzene rings is 1. The number of nitrogens with zero attached hydrogens (tertiary/aromatic N) is 2. The highest BCUT2D eigenvalue weighted by atomic mass is 16.3. The van der Waals surface area contributed by atoms with E-state index in [0.29, 0.717) is 5.56 Å². The van der Waals surface area contributed by atoms with Crippen LogP contribution in [-0.2, 0) is 0 Å². The van der Waals surface area contributed by atoms with Gasteiger partial charge in [-0.1, -0.05) is 30.3 Å². The first-order chi connectivity index (χ1) is 9.18. The smallest absolute Gasteiger partial charge is 0.273 e. The van der Waals surface area contributed by atoms with Gasteiger partial charge in [0.1, 0.15) is 5.69 Å². The van der Waals surface area contributed by atoms with Crippen molar-refractivity contribution in [1.82, 2.24) is 15.3 Å². The number of ketones is 1. The molecule has 1 aromatic heterocycles. The third kappa shape index (κ3) is 3.20. The van der Waals surface area contributed by atoms with Gasteiger partial charge in [-0.05, 0) is 0 Å². The van der Waals surface area contributed by atoms with E-state index in [-0.39, 0.29) is 5.69 Å². The van der Waals surface area contributed by atoms with Gasteiger partial charge in [-0.3, -0.25) is 14.6 Å². The van der Waals surface area contributed by atoms with Crippen molar-refractivity contribution in [1.29, 1.82) is 0 Å². The second-order valence-electron chi connectivity index (χ2n) is 3.70. The summed E-state index contributed by atoms with van der Waals surface area (Å²) >= 11 is 0. The van der Waals surface area contributed by atoms with Crippen molar-refractivity contribution in [3.05, 3.63) is 60.2 Å². The summed E-state index contributed by atoms with van der Waals surface area (Å²) in [6.07, 6.45) is 2.40. The Kier molecular flexibility index (Phi) is 3.94. The first kappa shape index (κ1) is 12.8. The molecule has 0 aliphatic rings. The fourth-order valence-electron chi connectivity index (χ4n) is 1.44. The van der Waals surface area contributed by atoms with Gasteiger partial charge < -0.3 is 10.4 Å². The lowest BCUT2D eigenvalue weighted by molar-refractivity contribution is 0.0605. The van der Waals surface area contributed by atoms with Crippen LogP contribution < -0.4 is 5.32 Å². The van der Waals surface area contributed by atoms with E-state index in [1.54, 1.807) is 30.3 Å². The second kappa shape index (κ2) is 5.83. The van der Waals surface area contributed by atoms with Crippen LogP contribution >= 0.6 is 0 Å². The summed E-state index contributed by atoms with van der Waals surface area (Å²) in [7, 11) is 0. The maximum absolute atomic E-state index is 11.8. The number of nitrogens with one attached hydrogen (secondary N) is 1. The van der Waals surface area contributed by atoms with E-state index in [9.17, 15) is 14.7 Å². The van der Waals surface area contributed by atoms with E-state index in [1.807, 2.05) is 0 Å². The van der Waals surface area contributed by atoms with Gasteiger partial charge in [-0.2, -0.15) is 0 Å². The normalized spacial score (nSPS) is 11.6. The molecule has 0 saturated heterocycles. The Morgan fingerprint density at radius 3 is 2.53 bits per heavy atom. The lowest BCUT2D eigenvalue weighted by Crippen LogP contribution is -2.41. The molecule has 0 saturated carbocycles. The summed E-state index contributed by atoms with van der Waals surface area (Å²) in [5.41, 5.74) is 0.344. The number of aromatic nitrogens is 2. The van der Waals surface area contributed by atoms with Crippen LogP contribution in [0, 0.1) is 0 Å². The minimum atomic E-state index is -1.61. The van der Waals surface area contributed by atoms with Crippen LogP contribution in [0.2, 0.25) is 0 Å². The third-order valence-electron chi connectivity index (χ3n) is 2.37. The van der Waals surface area contributed by atoms with Crippen molar-refractivity contribution in [3.63, 3.8) is 0 Å². The maximum atomic E-state index is 11.8. The van der Waals surface area contributed by atoms with Crippen LogP contribution in [0.1, 0.15) is 20.8 Å². The quantitative estimate of drug-likeness (QED) is 0.611. The summed E-state index contributed by atoms with van der Waals surface area (Å²) in [4.78, 5) is 31.0. The highest BCUT2D eigenvalue weighted by Gasteiger charge is 2.20. The molecule has 6 heteroatoms. The summed E-state index contributed by atoms with van der Waals surface area (Å²) in [5.74, 6) is -1.25. The molecule has 1 amide bonds. The first-order valence-electron chi connectivity index (χ1n) is 5.52. The molecule has 6 nitrogen and oxygen atoms in total. The Hall–Kier alpha value is -2.60. The molecule has 2 rings (SSSR count). The van der Waals surface area contributed by atoms with Crippen LogP contribution in [-0.4, -0.2) is 33.0 Å². The summed E-state index contributed by atoms with van der Waals surface area (Å²) in [5, 5.41) is 11.8. The topological polar surface area (TPSA) is 92.2 Å². The number of aliphatic hydroxyl groups excluding tert-OH is 1.